The van der Waals surface area contributed by atoms with Crippen LogP contribution in [0.25, 0.3) is 5.76 Å². The number of likely N-dealkylation sites (tertiary alicyclic amines) is 1. The highest BCUT2D eigenvalue weighted by Gasteiger charge is 2.45. The molecule has 1 unspecified atom stereocenters. The lowest BCUT2D eigenvalue weighted by Crippen LogP contribution is -2.33. The maximum atomic E-state index is 12.8. The number of carbonyl (C=O) groups excluding carboxylic acids is 2. The number of hydrogen-bond donors (Lipinski definition) is 2. The van der Waals surface area contributed by atoms with E-state index in [9.17, 15) is 24.8 Å². The number of aliphatic hydroxyl groups is 2. The molecule has 0 spiro atoms. The molecule has 30 heavy (non-hydrogen) atoms. The van der Waals surface area contributed by atoms with Gasteiger partial charge in [-0.15, -0.1) is 0 Å². The van der Waals surface area contributed by atoms with Crippen molar-refractivity contribution >= 4 is 23.1 Å². The third kappa shape index (κ3) is 4.22. The number of Topliss-reactive ketones (excluding diaryl/α,β-unsaturated/α-hetero) is 1. The Balaban J connectivity index is 2.03. The van der Waals surface area contributed by atoms with Gasteiger partial charge in [-0.3, -0.25) is 19.7 Å². The Morgan fingerprint density at radius 2 is 1.73 bits per heavy atom. The van der Waals surface area contributed by atoms with Crippen molar-refractivity contribution in [2.45, 2.75) is 6.04 Å². The zero-order chi connectivity index (χ0) is 21.7. The number of nitro groups is 1. The largest absolute Gasteiger partial charge is 0.507 e. The van der Waals surface area contributed by atoms with Gasteiger partial charge in [-0.1, -0.05) is 30.3 Å². The first-order valence-corrected chi connectivity index (χ1v) is 9.22. The molecule has 3 rings (SSSR count). The van der Waals surface area contributed by atoms with Gasteiger partial charge in [-0.05, 0) is 17.7 Å². The molecular weight excluding hydrogens is 392 g/mol. The Kier molecular flexibility index (Phi) is 6.55. The van der Waals surface area contributed by atoms with E-state index in [-0.39, 0.29) is 43.2 Å². The Bertz CT molecular complexity index is 971. The second-order valence-corrected chi connectivity index (χ2v) is 6.54. The second-order valence-electron chi connectivity index (χ2n) is 6.54. The zero-order valence-corrected chi connectivity index (χ0v) is 15.9. The van der Waals surface area contributed by atoms with Crippen molar-refractivity contribution in [2.75, 3.05) is 26.4 Å². The van der Waals surface area contributed by atoms with Gasteiger partial charge in [0.15, 0.2) is 0 Å². The summed E-state index contributed by atoms with van der Waals surface area (Å²) in [4.78, 5) is 37.1. The lowest BCUT2D eigenvalue weighted by atomic mass is 9.95. The number of aliphatic hydroxyl groups excluding tert-OH is 2. The van der Waals surface area contributed by atoms with Crippen LogP contribution in [0.5, 0.6) is 0 Å². The van der Waals surface area contributed by atoms with Gasteiger partial charge in [0.1, 0.15) is 5.76 Å². The Labute approximate surface area is 172 Å². The Morgan fingerprint density at radius 3 is 2.33 bits per heavy atom. The molecule has 0 bridgehead atoms. The van der Waals surface area contributed by atoms with Crippen molar-refractivity contribution in [3.05, 3.63) is 81.4 Å². The first-order valence-electron chi connectivity index (χ1n) is 9.22. The van der Waals surface area contributed by atoms with Crippen molar-refractivity contribution in [3.63, 3.8) is 0 Å². The number of nitro benzene ring substituents is 1. The van der Waals surface area contributed by atoms with Gasteiger partial charge in [0, 0.05) is 24.2 Å². The summed E-state index contributed by atoms with van der Waals surface area (Å²) in [6.07, 6.45) is 0. The number of ether oxygens (including phenoxy) is 1. The molecule has 1 heterocycles. The highest BCUT2D eigenvalue weighted by Crippen LogP contribution is 2.39. The van der Waals surface area contributed by atoms with E-state index in [1.165, 1.54) is 29.2 Å². The topological polar surface area (TPSA) is 130 Å². The number of carbonyl (C=O) groups is 2. The van der Waals surface area contributed by atoms with Gasteiger partial charge >= 0.3 is 0 Å². The number of amides is 1. The number of non-ortho nitro benzene ring substituents is 1. The highest BCUT2D eigenvalue weighted by molar-refractivity contribution is 6.46. The number of nitrogens with zero attached hydrogens (tertiary/aromatic N) is 2. The zero-order valence-electron chi connectivity index (χ0n) is 15.9. The van der Waals surface area contributed by atoms with Crippen molar-refractivity contribution in [3.8, 4) is 0 Å². The summed E-state index contributed by atoms with van der Waals surface area (Å²) in [5.41, 5.74) is 0.563. The van der Waals surface area contributed by atoms with E-state index in [2.05, 4.69) is 0 Å². The summed E-state index contributed by atoms with van der Waals surface area (Å²) in [7, 11) is 0. The average Bonchev–Trinajstić information content (AvgIpc) is 3.01. The molecule has 156 valence electrons. The molecular formula is C21H20N2O7. The van der Waals surface area contributed by atoms with Crippen LogP contribution < -0.4 is 0 Å². The minimum absolute atomic E-state index is 0.0845. The number of benzene rings is 2. The predicted molar refractivity (Wildman–Crippen MR) is 106 cm³/mol. The monoisotopic (exact) mass is 412 g/mol. The number of rotatable bonds is 8. The predicted octanol–water partition coefficient (Wildman–Crippen LogP) is 2.03. The van der Waals surface area contributed by atoms with Gasteiger partial charge in [0.05, 0.1) is 36.4 Å². The lowest BCUT2D eigenvalue weighted by Gasteiger charge is -2.25. The lowest BCUT2D eigenvalue weighted by molar-refractivity contribution is -0.384. The first-order chi connectivity index (χ1) is 14.5. The maximum Gasteiger partial charge on any atom is 0.295 e. The molecule has 2 aromatic carbocycles. The standard InChI is InChI=1S/C21H20N2O7/c24-11-13-30-12-10-22-18(14-4-2-1-3-5-14)17(20(26)21(22)27)19(25)15-6-8-16(9-7-15)23(28)29/h1-9,18,24-25H,10-13H2/b19-17-. The summed E-state index contributed by atoms with van der Waals surface area (Å²) in [5, 5.41) is 30.5. The summed E-state index contributed by atoms with van der Waals surface area (Å²) in [5.74, 6) is -2.03. The molecule has 1 amide bonds. The quantitative estimate of drug-likeness (QED) is 0.169. The van der Waals surface area contributed by atoms with E-state index in [1.807, 2.05) is 0 Å². The third-order valence-electron chi connectivity index (χ3n) is 4.72. The van der Waals surface area contributed by atoms with Gasteiger partial charge in [0.25, 0.3) is 17.4 Å². The van der Waals surface area contributed by atoms with Gasteiger partial charge < -0.3 is 19.8 Å². The van der Waals surface area contributed by atoms with Gasteiger partial charge in [-0.2, -0.15) is 0 Å². The van der Waals surface area contributed by atoms with Gasteiger partial charge in [0.2, 0.25) is 0 Å². The molecule has 0 aliphatic carbocycles. The fraction of sp³-hybridized carbons (Fsp3) is 0.238. The van der Waals surface area contributed by atoms with Crippen LogP contribution in [-0.4, -0.2) is 58.1 Å². The van der Waals surface area contributed by atoms with Crippen LogP contribution in [0.3, 0.4) is 0 Å². The van der Waals surface area contributed by atoms with Crippen LogP contribution in [0.1, 0.15) is 17.2 Å². The van der Waals surface area contributed by atoms with Crippen LogP contribution in [0.15, 0.2) is 60.2 Å². The van der Waals surface area contributed by atoms with Crippen molar-refractivity contribution in [1.29, 1.82) is 0 Å². The SMILES string of the molecule is O=C1C(=O)N(CCOCCO)C(c2ccccc2)/C1=C(/O)c1ccc([N+](=O)[O-])cc1. The molecule has 1 aliphatic heterocycles. The van der Waals surface area contributed by atoms with E-state index in [1.54, 1.807) is 30.3 Å². The molecule has 1 fully saturated rings. The number of hydrogen-bond acceptors (Lipinski definition) is 7. The average molecular weight is 412 g/mol. The van der Waals surface area contributed by atoms with Crippen LogP contribution in [0, 0.1) is 10.1 Å². The third-order valence-corrected chi connectivity index (χ3v) is 4.72. The smallest absolute Gasteiger partial charge is 0.295 e. The van der Waals surface area contributed by atoms with E-state index in [0.29, 0.717) is 5.56 Å². The Morgan fingerprint density at radius 1 is 1.07 bits per heavy atom. The normalized spacial score (nSPS) is 18.0. The molecule has 2 aromatic rings. The number of ketones is 1. The molecule has 1 saturated heterocycles. The van der Waals surface area contributed by atoms with Crippen LogP contribution in [-0.2, 0) is 14.3 Å². The molecule has 0 aromatic heterocycles. The van der Waals surface area contributed by atoms with E-state index in [4.69, 9.17) is 9.84 Å². The van der Waals surface area contributed by atoms with E-state index >= 15 is 0 Å². The maximum absolute atomic E-state index is 12.8. The Hall–Kier alpha value is -3.56. The van der Waals surface area contributed by atoms with E-state index in [0.717, 1.165) is 0 Å². The summed E-state index contributed by atoms with van der Waals surface area (Å²) in [6, 6.07) is 13.0. The van der Waals surface area contributed by atoms with Crippen LogP contribution in [0.2, 0.25) is 0 Å². The molecule has 2 N–H and O–H groups in total. The van der Waals surface area contributed by atoms with Crippen LogP contribution in [0.4, 0.5) is 5.69 Å². The summed E-state index contributed by atoms with van der Waals surface area (Å²) in [6.45, 7) is 0.124. The highest BCUT2D eigenvalue weighted by atomic mass is 16.6. The second kappa shape index (κ2) is 9.29. The molecule has 9 heteroatoms. The molecule has 0 radical (unpaired) electrons. The minimum Gasteiger partial charge on any atom is -0.507 e. The van der Waals surface area contributed by atoms with Crippen LogP contribution >= 0.6 is 0 Å². The van der Waals surface area contributed by atoms with E-state index < -0.39 is 28.4 Å². The van der Waals surface area contributed by atoms with Crippen molar-refractivity contribution in [1.82, 2.24) is 4.90 Å². The summed E-state index contributed by atoms with van der Waals surface area (Å²) < 4.78 is 5.23. The summed E-state index contributed by atoms with van der Waals surface area (Å²) >= 11 is 0. The van der Waals surface area contributed by atoms with Gasteiger partial charge in [-0.25, -0.2) is 0 Å². The molecule has 9 nitrogen and oxygen atoms in total. The molecule has 1 aliphatic rings. The van der Waals surface area contributed by atoms with Crippen molar-refractivity contribution in [2.24, 2.45) is 0 Å². The van der Waals surface area contributed by atoms with Crippen molar-refractivity contribution < 1.29 is 29.5 Å². The minimum atomic E-state index is -0.845. The molecule has 1 atom stereocenters. The fourth-order valence-electron chi connectivity index (χ4n) is 3.32. The first kappa shape index (κ1) is 21.2. The fourth-order valence-corrected chi connectivity index (χ4v) is 3.32. The molecule has 0 saturated carbocycles.